The molecule has 0 aliphatic carbocycles. The van der Waals surface area contributed by atoms with E-state index >= 15 is 0 Å². The molecule has 0 radical (unpaired) electrons. The van der Waals surface area contributed by atoms with Crippen molar-refractivity contribution in [3.8, 4) is 0 Å². The van der Waals surface area contributed by atoms with Gasteiger partial charge < -0.3 is 10.6 Å². The van der Waals surface area contributed by atoms with Crippen molar-refractivity contribution in [3.63, 3.8) is 0 Å². The zero-order valence-corrected chi connectivity index (χ0v) is 15.6. The highest BCUT2D eigenvalue weighted by Crippen LogP contribution is 2.28. The highest BCUT2D eigenvalue weighted by atomic mass is 35.5. The van der Waals surface area contributed by atoms with Crippen LogP contribution in [0.1, 0.15) is 21.5 Å². The number of aryl methyl sites for hydroxylation is 1. The zero-order chi connectivity index (χ0) is 18.5. The number of anilines is 2. The van der Waals surface area contributed by atoms with Gasteiger partial charge in [0.05, 0.1) is 28.2 Å². The van der Waals surface area contributed by atoms with Crippen molar-refractivity contribution >= 4 is 40.5 Å². The Hall–Kier alpha value is -2.56. The highest BCUT2D eigenvalue weighted by Gasteiger charge is 2.08. The van der Waals surface area contributed by atoms with Gasteiger partial charge in [-0.05, 0) is 36.8 Å². The van der Waals surface area contributed by atoms with Crippen LogP contribution in [-0.2, 0) is 6.54 Å². The lowest BCUT2D eigenvalue weighted by atomic mass is 10.1. The number of benzene rings is 2. The highest BCUT2D eigenvalue weighted by molar-refractivity contribution is 6.35. The van der Waals surface area contributed by atoms with Crippen LogP contribution in [0.5, 0.6) is 0 Å². The third-order valence-electron chi connectivity index (χ3n) is 3.78. The standard InChI is InChI=1S/C20H17Cl2N3O/c1-13-2-4-14(5-3-13)10-24-20(26)15-8-17(12-23-11-15)25-19-9-16(21)6-7-18(19)22/h2-9,11-12,25H,10H2,1H3,(H,24,26). The van der Waals surface area contributed by atoms with Gasteiger partial charge in [-0.25, -0.2) is 0 Å². The summed E-state index contributed by atoms with van der Waals surface area (Å²) in [5.74, 6) is -0.195. The Morgan fingerprint density at radius 1 is 1.04 bits per heavy atom. The molecule has 1 amide bonds. The molecule has 1 heterocycles. The molecule has 0 spiro atoms. The number of rotatable bonds is 5. The van der Waals surface area contributed by atoms with E-state index in [9.17, 15) is 4.79 Å². The van der Waals surface area contributed by atoms with Crippen molar-refractivity contribution in [2.24, 2.45) is 0 Å². The fourth-order valence-corrected chi connectivity index (χ4v) is 2.71. The number of nitrogens with zero attached hydrogens (tertiary/aromatic N) is 1. The van der Waals surface area contributed by atoms with Gasteiger partial charge in [-0.1, -0.05) is 53.0 Å². The van der Waals surface area contributed by atoms with Gasteiger partial charge >= 0.3 is 0 Å². The second-order valence-corrected chi connectivity index (χ2v) is 6.72. The first-order chi connectivity index (χ1) is 12.5. The molecule has 0 fully saturated rings. The third kappa shape index (κ3) is 4.75. The fraction of sp³-hybridized carbons (Fsp3) is 0.100. The van der Waals surface area contributed by atoms with Crippen molar-refractivity contribution in [2.45, 2.75) is 13.5 Å². The minimum atomic E-state index is -0.195. The summed E-state index contributed by atoms with van der Waals surface area (Å²) >= 11 is 12.2. The molecule has 3 rings (SSSR count). The average Bonchev–Trinajstić information content (AvgIpc) is 2.64. The number of halogens is 2. The minimum absolute atomic E-state index is 0.195. The molecule has 3 aromatic rings. The Labute approximate surface area is 162 Å². The molecule has 0 aliphatic heterocycles. The van der Waals surface area contributed by atoms with E-state index in [-0.39, 0.29) is 5.91 Å². The molecule has 6 heteroatoms. The van der Waals surface area contributed by atoms with Crippen LogP contribution < -0.4 is 10.6 Å². The van der Waals surface area contributed by atoms with Crippen LogP contribution in [-0.4, -0.2) is 10.9 Å². The van der Waals surface area contributed by atoms with E-state index in [0.717, 1.165) is 5.56 Å². The van der Waals surface area contributed by atoms with Crippen molar-refractivity contribution in [3.05, 3.63) is 87.7 Å². The second kappa shape index (κ2) is 8.21. The minimum Gasteiger partial charge on any atom is -0.353 e. The molecule has 132 valence electrons. The molecule has 4 nitrogen and oxygen atoms in total. The molecule has 0 saturated heterocycles. The Bertz CT molecular complexity index is 927. The van der Waals surface area contributed by atoms with Gasteiger partial charge in [0.2, 0.25) is 0 Å². The molecule has 0 unspecified atom stereocenters. The van der Waals surface area contributed by atoms with Gasteiger partial charge in [0.15, 0.2) is 0 Å². The lowest BCUT2D eigenvalue weighted by Gasteiger charge is -2.10. The normalized spacial score (nSPS) is 10.4. The number of hydrogen-bond donors (Lipinski definition) is 2. The summed E-state index contributed by atoms with van der Waals surface area (Å²) in [6.45, 7) is 2.48. The maximum atomic E-state index is 12.4. The molecular weight excluding hydrogens is 369 g/mol. The van der Waals surface area contributed by atoms with E-state index in [2.05, 4.69) is 15.6 Å². The van der Waals surface area contributed by atoms with Crippen molar-refractivity contribution < 1.29 is 4.79 Å². The van der Waals surface area contributed by atoms with Gasteiger partial charge in [-0.3, -0.25) is 9.78 Å². The van der Waals surface area contributed by atoms with E-state index in [4.69, 9.17) is 23.2 Å². The summed E-state index contributed by atoms with van der Waals surface area (Å²) in [4.78, 5) is 16.5. The molecule has 2 aromatic carbocycles. The van der Waals surface area contributed by atoms with Crippen LogP contribution in [0.2, 0.25) is 10.0 Å². The van der Waals surface area contributed by atoms with E-state index in [0.29, 0.717) is 33.5 Å². The number of hydrogen-bond acceptors (Lipinski definition) is 3. The van der Waals surface area contributed by atoms with Crippen molar-refractivity contribution in [1.82, 2.24) is 10.3 Å². The van der Waals surface area contributed by atoms with Gasteiger partial charge in [0, 0.05) is 17.8 Å². The monoisotopic (exact) mass is 385 g/mol. The predicted molar refractivity (Wildman–Crippen MR) is 106 cm³/mol. The largest absolute Gasteiger partial charge is 0.353 e. The van der Waals surface area contributed by atoms with E-state index in [1.807, 2.05) is 31.2 Å². The van der Waals surface area contributed by atoms with Crippen LogP contribution in [0, 0.1) is 6.92 Å². The van der Waals surface area contributed by atoms with Crippen LogP contribution in [0.3, 0.4) is 0 Å². The Morgan fingerprint density at radius 3 is 2.58 bits per heavy atom. The number of nitrogens with one attached hydrogen (secondary N) is 2. The van der Waals surface area contributed by atoms with Gasteiger partial charge in [0.1, 0.15) is 0 Å². The predicted octanol–water partition coefficient (Wildman–Crippen LogP) is 5.37. The molecule has 0 atom stereocenters. The van der Waals surface area contributed by atoms with Gasteiger partial charge in [-0.2, -0.15) is 0 Å². The van der Waals surface area contributed by atoms with Crippen LogP contribution in [0.4, 0.5) is 11.4 Å². The first kappa shape index (κ1) is 18.2. The Morgan fingerprint density at radius 2 is 1.81 bits per heavy atom. The molecule has 0 saturated carbocycles. The fourth-order valence-electron chi connectivity index (χ4n) is 2.37. The third-order valence-corrected chi connectivity index (χ3v) is 4.35. The zero-order valence-electron chi connectivity index (χ0n) is 14.1. The molecular formula is C20H17Cl2N3O. The Balaban J connectivity index is 1.69. The van der Waals surface area contributed by atoms with Crippen LogP contribution in [0.15, 0.2) is 60.9 Å². The summed E-state index contributed by atoms with van der Waals surface area (Å²) < 4.78 is 0. The van der Waals surface area contributed by atoms with Crippen molar-refractivity contribution in [1.29, 1.82) is 0 Å². The van der Waals surface area contributed by atoms with Crippen LogP contribution >= 0.6 is 23.2 Å². The summed E-state index contributed by atoms with van der Waals surface area (Å²) in [6, 6.07) is 14.9. The first-order valence-corrected chi connectivity index (χ1v) is 8.78. The van der Waals surface area contributed by atoms with Crippen molar-refractivity contribution in [2.75, 3.05) is 5.32 Å². The maximum Gasteiger partial charge on any atom is 0.253 e. The number of pyridine rings is 1. The Kier molecular flexibility index (Phi) is 5.76. The SMILES string of the molecule is Cc1ccc(CNC(=O)c2cncc(Nc3cc(Cl)ccc3Cl)c2)cc1. The van der Waals surface area contributed by atoms with Gasteiger partial charge in [0.25, 0.3) is 5.91 Å². The molecule has 26 heavy (non-hydrogen) atoms. The number of carbonyl (C=O) groups excluding carboxylic acids is 1. The number of carbonyl (C=O) groups is 1. The number of aromatic nitrogens is 1. The molecule has 0 bridgehead atoms. The summed E-state index contributed by atoms with van der Waals surface area (Å²) in [7, 11) is 0. The maximum absolute atomic E-state index is 12.4. The van der Waals surface area contributed by atoms with E-state index in [1.54, 1.807) is 30.5 Å². The topological polar surface area (TPSA) is 54.0 Å². The average molecular weight is 386 g/mol. The second-order valence-electron chi connectivity index (χ2n) is 5.88. The smallest absolute Gasteiger partial charge is 0.253 e. The summed E-state index contributed by atoms with van der Waals surface area (Å²) in [5, 5.41) is 7.12. The lowest BCUT2D eigenvalue weighted by molar-refractivity contribution is 0.0950. The first-order valence-electron chi connectivity index (χ1n) is 8.02. The van der Waals surface area contributed by atoms with E-state index in [1.165, 1.54) is 11.8 Å². The summed E-state index contributed by atoms with van der Waals surface area (Å²) in [6.07, 6.45) is 3.14. The van der Waals surface area contributed by atoms with E-state index < -0.39 is 0 Å². The summed E-state index contributed by atoms with van der Waals surface area (Å²) in [5.41, 5.74) is 3.98. The molecule has 0 aliphatic rings. The molecule has 1 aromatic heterocycles. The van der Waals surface area contributed by atoms with Crippen LogP contribution in [0.25, 0.3) is 0 Å². The quantitative estimate of drug-likeness (QED) is 0.620. The molecule has 2 N–H and O–H groups in total. The lowest BCUT2D eigenvalue weighted by Crippen LogP contribution is -2.23. The number of amides is 1. The van der Waals surface area contributed by atoms with Gasteiger partial charge in [-0.15, -0.1) is 0 Å².